The topological polar surface area (TPSA) is 132 Å². The number of nitrogens with one attached hydrogen (secondary N) is 1. The molecule has 1 N–H and O–H groups in total. The van der Waals surface area contributed by atoms with E-state index in [1.807, 2.05) is 12.1 Å². The van der Waals surface area contributed by atoms with Crippen LogP contribution >= 0.6 is 0 Å². The van der Waals surface area contributed by atoms with Gasteiger partial charge < -0.3 is 14.8 Å². The van der Waals surface area contributed by atoms with Crippen molar-refractivity contribution in [3.63, 3.8) is 0 Å². The molecule has 10 nitrogen and oxygen atoms in total. The molecule has 136 valence electrons. The summed E-state index contributed by atoms with van der Waals surface area (Å²) >= 11 is 0. The molecule has 26 heavy (non-hydrogen) atoms. The van der Waals surface area contributed by atoms with Crippen molar-refractivity contribution in [2.45, 2.75) is 31.3 Å². The SMILES string of the molecule is O=C(NCCc1ccccn1)[C@H]1CC[C@@H]2CN1C(=O)N2OS(=O)(=O)[O-].[Na+]. The molecule has 2 aliphatic heterocycles. The van der Waals surface area contributed by atoms with Crippen molar-refractivity contribution < 1.29 is 56.4 Å². The van der Waals surface area contributed by atoms with E-state index < -0.39 is 28.5 Å². The standard InChI is InChI=1S/C14H18N4O6S.Na/c19-13(16-8-6-10-3-1-2-7-15-10)12-5-4-11-9-17(12)14(20)18(11)24-25(21,22)23;/h1-3,7,11-12H,4-6,8-9H2,(H,16,19)(H,21,22,23);/q;+1/p-1/t11-,12-;/m1./s1. The van der Waals surface area contributed by atoms with E-state index in [1.165, 1.54) is 4.90 Å². The van der Waals surface area contributed by atoms with Gasteiger partial charge in [0.25, 0.3) is 0 Å². The minimum atomic E-state index is -5.04. The van der Waals surface area contributed by atoms with Crippen LogP contribution < -0.4 is 34.9 Å². The Kier molecular flexibility index (Phi) is 6.99. The molecule has 2 atom stereocenters. The molecule has 3 heterocycles. The molecule has 2 bridgehead atoms. The zero-order valence-corrected chi connectivity index (χ0v) is 17.0. The Morgan fingerprint density at radius 3 is 2.81 bits per heavy atom. The van der Waals surface area contributed by atoms with Gasteiger partial charge >= 0.3 is 35.6 Å². The van der Waals surface area contributed by atoms with Gasteiger partial charge in [0, 0.05) is 31.4 Å². The Morgan fingerprint density at radius 1 is 1.38 bits per heavy atom. The predicted molar refractivity (Wildman–Crippen MR) is 82.5 cm³/mol. The maximum absolute atomic E-state index is 12.3. The van der Waals surface area contributed by atoms with E-state index >= 15 is 0 Å². The van der Waals surface area contributed by atoms with E-state index in [4.69, 9.17) is 0 Å². The van der Waals surface area contributed by atoms with E-state index in [0.29, 0.717) is 30.9 Å². The summed E-state index contributed by atoms with van der Waals surface area (Å²) in [5.74, 6) is -0.324. The van der Waals surface area contributed by atoms with Gasteiger partial charge in [-0.15, -0.1) is 0 Å². The average Bonchev–Trinajstić information content (AvgIpc) is 2.79. The number of fused-ring (bicyclic) bond motifs is 2. The quantitative estimate of drug-likeness (QED) is 0.301. The summed E-state index contributed by atoms with van der Waals surface area (Å²) in [6.07, 6.45) is 2.96. The number of hydroxylamine groups is 2. The molecule has 1 aromatic heterocycles. The third-order valence-electron chi connectivity index (χ3n) is 4.20. The van der Waals surface area contributed by atoms with Crippen LogP contribution in [0.2, 0.25) is 0 Å². The Labute approximate surface area is 173 Å². The van der Waals surface area contributed by atoms with Gasteiger partial charge in [0.1, 0.15) is 6.04 Å². The van der Waals surface area contributed by atoms with Crippen LogP contribution in [-0.4, -0.2) is 65.0 Å². The van der Waals surface area contributed by atoms with Crippen molar-refractivity contribution in [2.24, 2.45) is 0 Å². The fraction of sp³-hybridized carbons (Fsp3) is 0.500. The molecule has 0 radical (unpaired) electrons. The van der Waals surface area contributed by atoms with Gasteiger partial charge in [-0.1, -0.05) is 6.07 Å². The van der Waals surface area contributed by atoms with Crippen molar-refractivity contribution in [3.8, 4) is 0 Å². The maximum Gasteiger partial charge on any atom is 1.00 e. The van der Waals surface area contributed by atoms with Crippen LogP contribution in [0.1, 0.15) is 18.5 Å². The van der Waals surface area contributed by atoms with E-state index in [1.54, 1.807) is 12.3 Å². The van der Waals surface area contributed by atoms with Crippen LogP contribution in [0, 0.1) is 0 Å². The van der Waals surface area contributed by atoms with Gasteiger partial charge in [0.05, 0.1) is 6.04 Å². The van der Waals surface area contributed by atoms with E-state index in [9.17, 15) is 22.6 Å². The van der Waals surface area contributed by atoms with Crippen molar-refractivity contribution in [1.29, 1.82) is 0 Å². The fourth-order valence-corrected chi connectivity index (χ4v) is 3.46. The molecule has 0 saturated carbocycles. The number of carbonyl (C=O) groups excluding carboxylic acids is 2. The first-order valence-electron chi connectivity index (χ1n) is 7.78. The normalized spacial score (nSPS) is 22.1. The number of amides is 3. The second-order valence-electron chi connectivity index (χ2n) is 5.85. The van der Waals surface area contributed by atoms with Gasteiger partial charge in [-0.2, -0.15) is 9.35 Å². The van der Waals surface area contributed by atoms with Crippen LogP contribution in [0.3, 0.4) is 0 Å². The molecular formula is C14H17N4NaO6S. The summed E-state index contributed by atoms with van der Waals surface area (Å²) in [4.78, 5) is 29.9. The smallest absolute Gasteiger partial charge is 0.724 e. The van der Waals surface area contributed by atoms with E-state index in [2.05, 4.69) is 14.6 Å². The molecular weight excluding hydrogens is 375 g/mol. The molecule has 2 saturated heterocycles. The molecule has 0 aromatic carbocycles. The Morgan fingerprint density at radius 2 is 2.15 bits per heavy atom. The van der Waals surface area contributed by atoms with Crippen molar-refractivity contribution in [1.82, 2.24) is 20.3 Å². The summed E-state index contributed by atoms with van der Waals surface area (Å²) in [6, 6.07) is 3.46. The number of nitrogens with zero attached hydrogens (tertiary/aromatic N) is 3. The minimum absolute atomic E-state index is 0. The molecule has 3 rings (SSSR count). The summed E-state index contributed by atoms with van der Waals surface area (Å²) < 4.78 is 36.4. The Bertz CT molecular complexity index is 762. The minimum Gasteiger partial charge on any atom is -0.724 e. The van der Waals surface area contributed by atoms with Crippen LogP contribution in [0.4, 0.5) is 4.79 Å². The molecule has 1 aromatic rings. The number of urea groups is 1. The second-order valence-corrected chi connectivity index (χ2v) is 6.82. The zero-order valence-electron chi connectivity index (χ0n) is 14.2. The predicted octanol–water partition coefficient (Wildman–Crippen LogP) is -3.60. The largest absolute Gasteiger partial charge is 1.00 e. The first kappa shape index (κ1) is 21.1. The number of pyridine rings is 1. The van der Waals surface area contributed by atoms with Gasteiger partial charge in [0.15, 0.2) is 0 Å². The summed E-state index contributed by atoms with van der Waals surface area (Å²) in [6.45, 7) is 0.514. The molecule has 2 aliphatic rings. The van der Waals surface area contributed by atoms with Crippen LogP contribution in [0.25, 0.3) is 0 Å². The van der Waals surface area contributed by atoms with Crippen LogP contribution in [0.15, 0.2) is 24.4 Å². The summed E-state index contributed by atoms with van der Waals surface area (Å²) in [7, 11) is -5.04. The van der Waals surface area contributed by atoms with Gasteiger partial charge in [-0.3, -0.25) is 9.78 Å². The average molecular weight is 392 g/mol. The number of hydrogen-bond donors (Lipinski definition) is 1. The third-order valence-corrected chi connectivity index (χ3v) is 4.55. The first-order chi connectivity index (χ1) is 11.8. The molecule has 2 fully saturated rings. The second kappa shape index (κ2) is 8.63. The Hall–Kier alpha value is -1.24. The van der Waals surface area contributed by atoms with Crippen molar-refractivity contribution in [3.05, 3.63) is 30.1 Å². The molecule has 3 amide bonds. The van der Waals surface area contributed by atoms with Crippen LogP contribution in [0.5, 0.6) is 0 Å². The van der Waals surface area contributed by atoms with Gasteiger partial charge in [-0.25, -0.2) is 13.2 Å². The number of piperidine rings is 1. The molecule has 0 unspecified atom stereocenters. The van der Waals surface area contributed by atoms with Gasteiger partial charge in [-0.05, 0) is 25.0 Å². The van der Waals surface area contributed by atoms with Gasteiger partial charge in [0.2, 0.25) is 16.3 Å². The van der Waals surface area contributed by atoms with Crippen molar-refractivity contribution >= 4 is 22.3 Å². The fourth-order valence-electron chi connectivity index (χ4n) is 3.08. The zero-order chi connectivity index (χ0) is 18.0. The van der Waals surface area contributed by atoms with E-state index in [0.717, 1.165) is 5.69 Å². The van der Waals surface area contributed by atoms with Crippen molar-refractivity contribution in [2.75, 3.05) is 13.1 Å². The number of aromatic nitrogens is 1. The third kappa shape index (κ3) is 4.93. The Balaban J connectivity index is 0.00000243. The summed E-state index contributed by atoms with van der Waals surface area (Å²) in [5, 5.41) is 3.31. The number of carbonyl (C=O) groups is 2. The first-order valence-corrected chi connectivity index (χ1v) is 9.11. The maximum atomic E-state index is 12.3. The molecule has 12 heteroatoms. The van der Waals surface area contributed by atoms with Crippen LogP contribution in [-0.2, 0) is 25.9 Å². The summed E-state index contributed by atoms with van der Waals surface area (Å²) in [5.41, 5.74) is 0.837. The monoisotopic (exact) mass is 392 g/mol. The number of rotatable bonds is 6. The number of hydrogen-bond acceptors (Lipinski definition) is 7. The van der Waals surface area contributed by atoms with E-state index in [-0.39, 0.29) is 42.0 Å². The molecule has 0 aliphatic carbocycles. The molecule has 0 spiro atoms.